The van der Waals surface area contributed by atoms with Crippen molar-refractivity contribution in [3.05, 3.63) is 7.43 Å². The van der Waals surface area contributed by atoms with Gasteiger partial charge in [-0.1, -0.05) is 0 Å². The molecule has 5 radical (unpaired) electrons. The van der Waals surface area contributed by atoms with E-state index in [0.717, 1.165) is 0 Å². The third-order valence-corrected chi connectivity index (χ3v) is 0. The molecular formula is CCu2O. The fraction of sp³-hybridized carbons (Fsp3) is 0. The molecule has 32 valence electrons. The SMILES string of the molecule is [C].[Cu].[O]=[Cu]. The average molecular weight is 155 g/mol. The van der Waals surface area contributed by atoms with E-state index in [1.165, 1.54) is 0 Å². The Balaban J connectivity index is -0.00000000500. The van der Waals surface area contributed by atoms with Crippen molar-refractivity contribution in [2.45, 2.75) is 0 Å². The van der Waals surface area contributed by atoms with Crippen molar-refractivity contribution in [1.82, 2.24) is 0 Å². The summed E-state index contributed by atoms with van der Waals surface area (Å²) in [6, 6.07) is 0. The van der Waals surface area contributed by atoms with E-state index < -0.39 is 0 Å². The Labute approximate surface area is 44.6 Å². The Kier molecular flexibility index (Phi) is 232. The van der Waals surface area contributed by atoms with Crippen LogP contribution in [0.25, 0.3) is 0 Å². The molecule has 0 bridgehead atoms. The van der Waals surface area contributed by atoms with Crippen LogP contribution in [0.3, 0.4) is 0 Å². The van der Waals surface area contributed by atoms with Gasteiger partial charge in [0.2, 0.25) is 0 Å². The Hall–Kier alpha value is 0.839. The van der Waals surface area contributed by atoms with Crippen molar-refractivity contribution in [2.75, 3.05) is 0 Å². The molecule has 0 N–H and O–H groups in total. The first-order valence-electron chi connectivity index (χ1n) is 0.123. The Morgan fingerprint density at radius 3 is 1.25 bits per heavy atom. The summed E-state index contributed by atoms with van der Waals surface area (Å²) in [4.78, 5) is 0. The molecule has 4 heavy (non-hydrogen) atoms. The molecule has 0 spiro atoms. The molecule has 0 aliphatic heterocycles. The third kappa shape index (κ3) is 13.6. The van der Waals surface area contributed by atoms with Gasteiger partial charge >= 0.3 is 19.8 Å². The van der Waals surface area contributed by atoms with E-state index in [-0.39, 0.29) is 24.5 Å². The Bertz CT molecular complexity index is 6.00. The number of hydrogen-bond acceptors (Lipinski definition) is 1. The summed E-state index contributed by atoms with van der Waals surface area (Å²) in [6.07, 6.45) is 0. The first kappa shape index (κ1) is 21.1. The molecule has 0 saturated heterocycles. The summed E-state index contributed by atoms with van der Waals surface area (Å²) in [6.45, 7) is 0. The fourth-order valence-corrected chi connectivity index (χ4v) is 0. The van der Waals surface area contributed by atoms with Crippen LogP contribution in [0.4, 0.5) is 0 Å². The van der Waals surface area contributed by atoms with E-state index in [2.05, 4.69) is 15.9 Å². The predicted octanol–water partition coefficient (Wildman–Crippen LogP) is -0.0425. The molecule has 0 saturated carbocycles. The van der Waals surface area contributed by atoms with E-state index in [9.17, 15) is 0 Å². The molecule has 0 aliphatic carbocycles. The van der Waals surface area contributed by atoms with Gasteiger partial charge in [0.05, 0.1) is 0 Å². The fourth-order valence-electron chi connectivity index (χ4n) is 0. The van der Waals surface area contributed by atoms with Crippen molar-refractivity contribution in [3.8, 4) is 0 Å². The van der Waals surface area contributed by atoms with E-state index in [1.54, 1.807) is 0 Å². The summed E-state index contributed by atoms with van der Waals surface area (Å²) in [5, 5.41) is 0. The molecule has 0 rings (SSSR count). The quantitative estimate of drug-likeness (QED) is 0.448. The molecule has 0 amide bonds. The van der Waals surface area contributed by atoms with Gasteiger partial charge in [-0.3, -0.25) is 0 Å². The minimum absolute atomic E-state index is 0. The van der Waals surface area contributed by atoms with Crippen LogP contribution in [0.2, 0.25) is 0 Å². The summed E-state index contributed by atoms with van der Waals surface area (Å²) >= 11 is 2.94. The molecule has 0 fully saturated rings. The van der Waals surface area contributed by atoms with Crippen LogP contribution in [-0.4, -0.2) is 0 Å². The van der Waals surface area contributed by atoms with Crippen molar-refractivity contribution in [3.63, 3.8) is 0 Å². The van der Waals surface area contributed by atoms with Crippen LogP contribution in [0.5, 0.6) is 0 Å². The van der Waals surface area contributed by atoms with E-state index in [1.807, 2.05) is 0 Å². The van der Waals surface area contributed by atoms with Crippen molar-refractivity contribution in [2.24, 2.45) is 0 Å². The van der Waals surface area contributed by atoms with Crippen molar-refractivity contribution in [1.29, 1.82) is 0 Å². The maximum atomic E-state index is 7.81. The summed E-state index contributed by atoms with van der Waals surface area (Å²) < 4.78 is 7.81. The van der Waals surface area contributed by atoms with E-state index >= 15 is 0 Å². The van der Waals surface area contributed by atoms with Crippen LogP contribution in [0.1, 0.15) is 0 Å². The predicted molar refractivity (Wildman–Crippen MR) is 3.93 cm³/mol. The standard InChI is InChI=1S/C.2Cu.O. The summed E-state index contributed by atoms with van der Waals surface area (Å²) in [5.41, 5.74) is 0. The number of rotatable bonds is 0. The van der Waals surface area contributed by atoms with Crippen molar-refractivity contribution < 1.29 is 36.8 Å². The molecule has 0 aliphatic rings. The molecule has 0 heterocycles. The Morgan fingerprint density at radius 1 is 1.25 bits per heavy atom. The van der Waals surface area contributed by atoms with Gasteiger partial charge in [0, 0.05) is 24.5 Å². The van der Waals surface area contributed by atoms with Gasteiger partial charge < -0.3 is 0 Å². The molecular weight excluding hydrogens is 155 g/mol. The second kappa shape index (κ2) is 44.0. The van der Waals surface area contributed by atoms with Gasteiger partial charge in [0.25, 0.3) is 0 Å². The van der Waals surface area contributed by atoms with Crippen LogP contribution in [-0.2, 0) is 36.8 Å². The van der Waals surface area contributed by atoms with Gasteiger partial charge in [0.1, 0.15) is 0 Å². The topological polar surface area (TPSA) is 17.1 Å². The number of hydrogen-bond donors (Lipinski definition) is 0. The van der Waals surface area contributed by atoms with E-state index in [0.29, 0.717) is 0 Å². The van der Waals surface area contributed by atoms with Gasteiger partial charge in [0.15, 0.2) is 0 Å². The molecule has 0 aromatic heterocycles. The first-order chi connectivity index (χ1) is 1.00. The summed E-state index contributed by atoms with van der Waals surface area (Å²) in [5.74, 6) is 0. The zero-order chi connectivity index (χ0) is 2.00. The first-order valence-corrected chi connectivity index (χ1v) is 0.508. The van der Waals surface area contributed by atoms with Crippen LogP contribution < -0.4 is 0 Å². The van der Waals surface area contributed by atoms with Crippen LogP contribution >= 0.6 is 0 Å². The van der Waals surface area contributed by atoms with Gasteiger partial charge in [-0.2, -0.15) is 0 Å². The average Bonchev–Trinajstić information content (AvgIpc) is 1.00. The van der Waals surface area contributed by atoms with Crippen LogP contribution in [0, 0.1) is 7.43 Å². The molecule has 0 aromatic carbocycles. The maximum absolute atomic E-state index is 7.81. The summed E-state index contributed by atoms with van der Waals surface area (Å²) in [7, 11) is 0. The zero-order valence-electron chi connectivity index (χ0n) is 1.51. The van der Waals surface area contributed by atoms with Crippen LogP contribution in [0.15, 0.2) is 0 Å². The molecule has 0 aromatic rings. The Morgan fingerprint density at radius 2 is 1.25 bits per heavy atom. The monoisotopic (exact) mass is 154 g/mol. The molecule has 0 atom stereocenters. The molecule has 1 nitrogen and oxygen atoms in total. The second-order valence-corrected chi connectivity index (χ2v) is 0. The third-order valence-electron chi connectivity index (χ3n) is 0. The van der Waals surface area contributed by atoms with Gasteiger partial charge in [-0.25, -0.2) is 0 Å². The normalized spacial score (nSPS) is 1.50. The van der Waals surface area contributed by atoms with Gasteiger partial charge in [-0.05, 0) is 0 Å². The van der Waals surface area contributed by atoms with Gasteiger partial charge in [-0.15, -0.1) is 0 Å². The second-order valence-electron chi connectivity index (χ2n) is 0. The van der Waals surface area contributed by atoms with Crippen molar-refractivity contribution >= 4 is 0 Å². The molecule has 3 heteroatoms. The van der Waals surface area contributed by atoms with E-state index in [4.69, 9.17) is 3.83 Å². The minimum atomic E-state index is 0. The zero-order valence-corrected chi connectivity index (χ0v) is 3.39. The molecule has 0 unspecified atom stereocenters.